The first kappa shape index (κ1) is 23.8. The molecule has 1 saturated carbocycles. The molecule has 7 nitrogen and oxygen atoms in total. The summed E-state index contributed by atoms with van der Waals surface area (Å²) in [6, 6.07) is 15.3. The van der Waals surface area contributed by atoms with Crippen LogP contribution in [0.25, 0.3) is 11.1 Å². The standard InChI is InChI=1S/C27H32N2O5/c1-16(2)13-24(25(30)28-18-12-11-17(14-18)26(31)32)29-27(33)34-15-23-21-9-5-3-7-19(21)20-8-4-6-10-22(20)23/h3-10,16-18,23-24H,11-15H2,1-2H3,(H,28,30)(H,29,33)(H,31,32)/t17?,18?,24-/m1/s1. The van der Waals surface area contributed by atoms with E-state index in [-0.39, 0.29) is 30.4 Å². The van der Waals surface area contributed by atoms with Gasteiger partial charge in [-0.15, -0.1) is 0 Å². The molecule has 4 rings (SSSR count). The number of hydrogen-bond acceptors (Lipinski definition) is 4. The van der Waals surface area contributed by atoms with Gasteiger partial charge in [0.25, 0.3) is 0 Å². The maximum absolute atomic E-state index is 12.9. The van der Waals surface area contributed by atoms with Crippen molar-refractivity contribution in [1.82, 2.24) is 10.6 Å². The second-order valence-electron chi connectivity index (χ2n) is 9.71. The van der Waals surface area contributed by atoms with Crippen LogP contribution in [-0.2, 0) is 14.3 Å². The molecule has 2 aromatic carbocycles. The Labute approximate surface area is 199 Å². The number of carbonyl (C=O) groups is 3. The zero-order valence-corrected chi connectivity index (χ0v) is 19.6. The lowest BCUT2D eigenvalue weighted by molar-refractivity contribution is -0.141. The van der Waals surface area contributed by atoms with Crippen LogP contribution < -0.4 is 10.6 Å². The Morgan fingerprint density at radius 2 is 1.62 bits per heavy atom. The second kappa shape index (κ2) is 10.3. The van der Waals surface area contributed by atoms with Gasteiger partial charge < -0.3 is 20.5 Å². The van der Waals surface area contributed by atoms with Crippen LogP contribution >= 0.6 is 0 Å². The molecule has 0 saturated heterocycles. The number of nitrogens with one attached hydrogen (secondary N) is 2. The van der Waals surface area contributed by atoms with Gasteiger partial charge in [-0.05, 0) is 53.9 Å². The summed E-state index contributed by atoms with van der Waals surface area (Å²) >= 11 is 0. The summed E-state index contributed by atoms with van der Waals surface area (Å²) in [5.74, 6) is -1.42. The lowest BCUT2D eigenvalue weighted by Gasteiger charge is -2.23. The Hall–Kier alpha value is -3.35. The van der Waals surface area contributed by atoms with Gasteiger partial charge in [-0.25, -0.2) is 4.79 Å². The quantitative estimate of drug-likeness (QED) is 0.540. The van der Waals surface area contributed by atoms with Crippen molar-refractivity contribution in [1.29, 1.82) is 0 Å². The maximum Gasteiger partial charge on any atom is 0.407 e. The van der Waals surface area contributed by atoms with Crippen molar-refractivity contribution in [3.05, 3.63) is 59.7 Å². The summed E-state index contributed by atoms with van der Waals surface area (Å²) in [6.07, 6.45) is 1.43. The van der Waals surface area contributed by atoms with Crippen molar-refractivity contribution in [2.75, 3.05) is 6.61 Å². The van der Waals surface area contributed by atoms with Crippen LogP contribution in [0.5, 0.6) is 0 Å². The van der Waals surface area contributed by atoms with Gasteiger partial charge in [0.1, 0.15) is 12.6 Å². The fraction of sp³-hybridized carbons (Fsp3) is 0.444. The Balaban J connectivity index is 1.37. The molecule has 0 spiro atoms. The molecule has 1 fully saturated rings. The minimum Gasteiger partial charge on any atom is -0.481 e. The van der Waals surface area contributed by atoms with E-state index in [2.05, 4.69) is 34.9 Å². The third-order valence-electron chi connectivity index (χ3n) is 6.79. The number of fused-ring (bicyclic) bond motifs is 3. The van der Waals surface area contributed by atoms with Crippen molar-refractivity contribution in [3.8, 4) is 11.1 Å². The van der Waals surface area contributed by atoms with Crippen LogP contribution in [0, 0.1) is 11.8 Å². The fourth-order valence-electron chi connectivity index (χ4n) is 5.12. The highest BCUT2D eigenvalue weighted by Gasteiger charge is 2.33. The second-order valence-corrected chi connectivity index (χ2v) is 9.71. The molecule has 0 radical (unpaired) electrons. The van der Waals surface area contributed by atoms with Crippen LogP contribution in [0.1, 0.15) is 56.6 Å². The van der Waals surface area contributed by atoms with Crippen LogP contribution in [0.15, 0.2) is 48.5 Å². The highest BCUT2D eigenvalue weighted by atomic mass is 16.5. The molecule has 34 heavy (non-hydrogen) atoms. The van der Waals surface area contributed by atoms with Crippen LogP contribution in [0.4, 0.5) is 4.79 Å². The fourth-order valence-corrected chi connectivity index (χ4v) is 5.12. The van der Waals surface area contributed by atoms with Crippen molar-refractivity contribution in [3.63, 3.8) is 0 Å². The molecule has 2 aliphatic carbocycles. The highest BCUT2D eigenvalue weighted by molar-refractivity contribution is 5.86. The van der Waals surface area contributed by atoms with Crippen molar-refractivity contribution >= 4 is 18.0 Å². The van der Waals surface area contributed by atoms with Gasteiger partial charge in [-0.1, -0.05) is 62.4 Å². The number of amides is 2. The number of ether oxygens (including phenoxy) is 1. The molecule has 0 aliphatic heterocycles. The molecule has 2 unspecified atom stereocenters. The third-order valence-corrected chi connectivity index (χ3v) is 6.79. The number of carbonyl (C=O) groups excluding carboxylic acids is 2. The van der Waals surface area contributed by atoms with Gasteiger partial charge in [-0.2, -0.15) is 0 Å². The molecule has 2 aromatic rings. The minimum atomic E-state index is -0.827. The van der Waals surface area contributed by atoms with E-state index in [0.29, 0.717) is 25.7 Å². The monoisotopic (exact) mass is 464 g/mol. The van der Waals surface area contributed by atoms with Crippen molar-refractivity contribution in [2.45, 2.75) is 57.5 Å². The van der Waals surface area contributed by atoms with E-state index >= 15 is 0 Å². The normalized spacial score (nSPS) is 19.9. The zero-order chi connectivity index (χ0) is 24.2. The summed E-state index contributed by atoms with van der Waals surface area (Å²) in [7, 11) is 0. The Kier molecular flexibility index (Phi) is 7.20. The largest absolute Gasteiger partial charge is 0.481 e. The molecule has 180 valence electrons. The predicted molar refractivity (Wildman–Crippen MR) is 128 cm³/mol. The van der Waals surface area contributed by atoms with Crippen LogP contribution in [0.2, 0.25) is 0 Å². The number of alkyl carbamates (subject to hydrolysis) is 1. The Morgan fingerprint density at radius 3 is 2.18 bits per heavy atom. The summed E-state index contributed by atoms with van der Waals surface area (Å²) in [5, 5.41) is 14.9. The smallest absolute Gasteiger partial charge is 0.407 e. The summed E-state index contributed by atoms with van der Waals surface area (Å²) in [4.78, 5) is 36.8. The number of carboxylic acids is 1. The molecule has 0 bridgehead atoms. The Morgan fingerprint density at radius 1 is 1.00 bits per heavy atom. The van der Waals surface area contributed by atoms with E-state index in [9.17, 15) is 19.5 Å². The van der Waals surface area contributed by atoms with Crippen LogP contribution in [-0.4, -0.2) is 41.8 Å². The molecule has 0 heterocycles. The number of rotatable bonds is 8. The lowest BCUT2D eigenvalue weighted by atomic mass is 9.98. The van der Waals surface area contributed by atoms with Gasteiger partial charge in [0, 0.05) is 12.0 Å². The molecule has 2 amide bonds. The Bertz CT molecular complexity index is 1020. The average molecular weight is 465 g/mol. The maximum atomic E-state index is 12.9. The first-order valence-electron chi connectivity index (χ1n) is 12.0. The van der Waals surface area contributed by atoms with E-state index in [4.69, 9.17) is 4.74 Å². The van der Waals surface area contributed by atoms with Crippen molar-refractivity contribution in [2.24, 2.45) is 11.8 Å². The number of carboxylic acid groups (broad SMARTS) is 1. The summed E-state index contributed by atoms with van der Waals surface area (Å²) < 4.78 is 5.61. The molecule has 0 aromatic heterocycles. The number of aliphatic carboxylic acids is 1. The topological polar surface area (TPSA) is 105 Å². The van der Waals surface area contributed by atoms with E-state index in [1.165, 1.54) is 0 Å². The van der Waals surface area contributed by atoms with Gasteiger partial charge in [-0.3, -0.25) is 9.59 Å². The molecular weight excluding hydrogens is 432 g/mol. The number of benzene rings is 2. The van der Waals surface area contributed by atoms with Gasteiger partial charge >= 0.3 is 12.1 Å². The molecule has 3 N–H and O–H groups in total. The van der Waals surface area contributed by atoms with E-state index in [1.54, 1.807) is 0 Å². The first-order chi connectivity index (χ1) is 16.3. The zero-order valence-electron chi connectivity index (χ0n) is 19.6. The molecule has 7 heteroatoms. The number of hydrogen-bond donors (Lipinski definition) is 3. The lowest BCUT2D eigenvalue weighted by Crippen LogP contribution is -2.50. The third kappa shape index (κ3) is 5.24. The van der Waals surface area contributed by atoms with Gasteiger partial charge in [0.15, 0.2) is 0 Å². The molecule has 3 atom stereocenters. The first-order valence-corrected chi connectivity index (χ1v) is 12.0. The summed E-state index contributed by atoms with van der Waals surface area (Å²) in [5.41, 5.74) is 4.56. The van der Waals surface area contributed by atoms with Crippen LogP contribution in [0.3, 0.4) is 0 Å². The average Bonchev–Trinajstić information content (AvgIpc) is 3.40. The van der Waals surface area contributed by atoms with E-state index in [1.807, 2.05) is 38.1 Å². The van der Waals surface area contributed by atoms with E-state index in [0.717, 1.165) is 22.3 Å². The summed E-state index contributed by atoms with van der Waals surface area (Å²) in [6.45, 7) is 4.14. The van der Waals surface area contributed by atoms with Crippen molar-refractivity contribution < 1.29 is 24.2 Å². The van der Waals surface area contributed by atoms with Gasteiger partial charge in [0.05, 0.1) is 5.92 Å². The van der Waals surface area contributed by atoms with Gasteiger partial charge in [0.2, 0.25) is 5.91 Å². The highest BCUT2D eigenvalue weighted by Crippen LogP contribution is 2.44. The van der Waals surface area contributed by atoms with E-state index < -0.39 is 24.0 Å². The minimum absolute atomic E-state index is 0.0537. The SMILES string of the molecule is CC(C)C[C@@H](NC(=O)OCC1c2ccccc2-c2ccccc21)C(=O)NC1CCC(C(=O)O)C1. The molecular formula is C27H32N2O5. The molecule has 2 aliphatic rings. The predicted octanol–water partition coefficient (Wildman–Crippen LogP) is 4.31.